The molecule has 4 heteroatoms. The van der Waals surface area contributed by atoms with Gasteiger partial charge in [0.25, 0.3) is 0 Å². The molecule has 144 valence electrons. The number of likely N-dealkylation sites (tertiary alicyclic amines) is 2. The maximum atomic E-state index is 4.34. The van der Waals surface area contributed by atoms with Crippen molar-refractivity contribution in [3.63, 3.8) is 0 Å². The third-order valence-corrected chi connectivity index (χ3v) is 6.38. The first kappa shape index (κ1) is 18.6. The topological polar surface area (TPSA) is 31.4 Å². The van der Waals surface area contributed by atoms with E-state index in [4.69, 9.17) is 0 Å². The summed E-state index contributed by atoms with van der Waals surface area (Å²) in [6, 6.07) is 16.2. The van der Waals surface area contributed by atoms with Gasteiger partial charge in [-0.1, -0.05) is 43.3 Å². The lowest BCUT2D eigenvalue weighted by atomic mass is 9.94. The van der Waals surface area contributed by atoms with Crippen LogP contribution in [0, 0.1) is 11.8 Å². The molecule has 2 aromatic rings. The van der Waals surface area contributed by atoms with Crippen molar-refractivity contribution in [2.24, 2.45) is 11.8 Å². The highest BCUT2D eigenvalue weighted by Gasteiger charge is 2.35. The first-order valence-corrected chi connectivity index (χ1v) is 10.3. The number of hydrogen-bond donors (Lipinski definition) is 1. The van der Waals surface area contributed by atoms with Crippen LogP contribution < -0.4 is 5.32 Å². The van der Waals surface area contributed by atoms with Crippen LogP contribution in [0.15, 0.2) is 54.9 Å². The second-order valence-corrected chi connectivity index (χ2v) is 8.43. The summed E-state index contributed by atoms with van der Waals surface area (Å²) in [5, 5.41) is 3.92. The maximum Gasteiger partial charge on any atom is 0.0401 e. The minimum Gasteiger partial charge on any atom is -0.312 e. The average molecular weight is 365 g/mol. The Kier molecular flexibility index (Phi) is 5.86. The summed E-state index contributed by atoms with van der Waals surface area (Å²) >= 11 is 0. The average Bonchev–Trinajstić information content (AvgIpc) is 3.23. The minimum absolute atomic E-state index is 0.489. The molecule has 0 amide bonds. The number of benzene rings is 1. The number of rotatable bonds is 6. The van der Waals surface area contributed by atoms with Gasteiger partial charge in [0.15, 0.2) is 0 Å². The van der Waals surface area contributed by atoms with E-state index >= 15 is 0 Å². The van der Waals surface area contributed by atoms with Crippen molar-refractivity contribution in [2.45, 2.75) is 32.0 Å². The molecule has 4 atom stereocenters. The quantitative estimate of drug-likeness (QED) is 0.853. The van der Waals surface area contributed by atoms with Crippen molar-refractivity contribution >= 4 is 0 Å². The van der Waals surface area contributed by atoms with Gasteiger partial charge in [-0.25, -0.2) is 0 Å². The van der Waals surface area contributed by atoms with Gasteiger partial charge in [-0.05, 0) is 49.0 Å². The smallest absolute Gasteiger partial charge is 0.0401 e. The van der Waals surface area contributed by atoms with Crippen molar-refractivity contribution in [1.29, 1.82) is 0 Å². The molecule has 0 bridgehead atoms. The highest BCUT2D eigenvalue weighted by atomic mass is 15.2. The van der Waals surface area contributed by atoms with E-state index in [0.717, 1.165) is 19.6 Å². The van der Waals surface area contributed by atoms with Gasteiger partial charge in [-0.2, -0.15) is 0 Å². The highest BCUT2D eigenvalue weighted by Crippen LogP contribution is 2.35. The summed E-state index contributed by atoms with van der Waals surface area (Å²) in [7, 11) is 2.25. The molecule has 4 rings (SSSR count). The normalized spacial score (nSPS) is 29.4. The van der Waals surface area contributed by atoms with E-state index in [1.165, 1.54) is 30.6 Å². The maximum absolute atomic E-state index is 4.34. The molecular formula is C23H32N4. The minimum atomic E-state index is 0.489. The van der Waals surface area contributed by atoms with Crippen molar-refractivity contribution in [1.82, 2.24) is 20.1 Å². The molecule has 0 radical (unpaired) electrons. The Bertz CT molecular complexity index is 705. The first-order chi connectivity index (χ1) is 13.2. The molecule has 3 heterocycles. The lowest BCUT2D eigenvalue weighted by Gasteiger charge is -2.27. The van der Waals surface area contributed by atoms with E-state index in [1.807, 2.05) is 12.4 Å². The lowest BCUT2D eigenvalue weighted by Crippen LogP contribution is -2.39. The summed E-state index contributed by atoms with van der Waals surface area (Å²) in [6.07, 6.45) is 5.17. The van der Waals surface area contributed by atoms with Gasteiger partial charge in [0.1, 0.15) is 0 Å². The van der Waals surface area contributed by atoms with Crippen molar-refractivity contribution < 1.29 is 0 Å². The van der Waals surface area contributed by atoms with Gasteiger partial charge in [0.2, 0.25) is 0 Å². The van der Waals surface area contributed by atoms with Gasteiger partial charge in [-0.15, -0.1) is 0 Å². The molecule has 2 aliphatic heterocycles. The summed E-state index contributed by atoms with van der Waals surface area (Å²) in [4.78, 5) is 9.43. The zero-order valence-corrected chi connectivity index (χ0v) is 16.6. The second-order valence-electron chi connectivity index (χ2n) is 8.43. The monoisotopic (exact) mass is 364 g/mol. The molecule has 27 heavy (non-hydrogen) atoms. The van der Waals surface area contributed by atoms with Gasteiger partial charge in [0.05, 0.1) is 0 Å². The first-order valence-electron chi connectivity index (χ1n) is 10.3. The van der Waals surface area contributed by atoms with E-state index in [1.54, 1.807) is 0 Å². The Morgan fingerprint density at radius 1 is 1.11 bits per heavy atom. The molecule has 2 aliphatic rings. The molecule has 0 saturated carbocycles. The molecule has 2 saturated heterocycles. The van der Waals surface area contributed by atoms with Crippen molar-refractivity contribution in [3.8, 4) is 0 Å². The van der Waals surface area contributed by atoms with Crippen LogP contribution in [0.2, 0.25) is 0 Å². The summed E-state index contributed by atoms with van der Waals surface area (Å²) in [5.41, 5.74) is 2.77. The Balaban J connectivity index is 1.33. The van der Waals surface area contributed by atoms with Crippen LogP contribution in [0.5, 0.6) is 0 Å². The standard InChI is InChI=1S/C23H32N4/c1-18-15-27(16-19-7-4-3-5-8-19)17-22(18)25-14-21-10-12-26(2)23(21)20-9-6-11-24-13-20/h3-9,11,13,18,21-23,25H,10,12,14-17H2,1-2H3/t18-,21+,22-,23+/m1/s1. The third-order valence-electron chi connectivity index (χ3n) is 6.38. The van der Waals surface area contributed by atoms with E-state index in [-0.39, 0.29) is 0 Å². The van der Waals surface area contributed by atoms with Crippen LogP contribution in [0.3, 0.4) is 0 Å². The predicted molar refractivity (Wildman–Crippen MR) is 110 cm³/mol. The molecule has 0 unspecified atom stereocenters. The zero-order chi connectivity index (χ0) is 18.6. The Labute approximate surface area is 163 Å². The molecule has 1 aromatic heterocycles. The molecule has 2 fully saturated rings. The molecule has 4 nitrogen and oxygen atoms in total. The Morgan fingerprint density at radius 3 is 2.74 bits per heavy atom. The van der Waals surface area contributed by atoms with E-state index in [9.17, 15) is 0 Å². The lowest BCUT2D eigenvalue weighted by molar-refractivity contribution is 0.263. The molecule has 0 aliphatic carbocycles. The SMILES string of the molecule is C[C@@H]1CN(Cc2ccccc2)C[C@H]1NC[C@@H]1CCN(C)[C@H]1c1cccnc1. The predicted octanol–water partition coefficient (Wildman–Crippen LogP) is 3.18. The fourth-order valence-electron chi connectivity index (χ4n) is 4.92. The van der Waals surface area contributed by atoms with Crippen molar-refractivity contribution in [3.05, 3.63) is 66.0 Å². The van der Waals surface area contributed by atoms with Crippen LogP contribution in [0.25, 0.3) is 0 Å². The Hall–Kier alpha value is -1.75. The molecule has 1 N–H and O–H groups in total. The van der Waals surface area contributed by atoms with Gasteiger partial charge in [0, 0.05) is 50.7 Å². The second kappa shape index (κ2) is 8.51. The molecular weight excluding hydrogens is 332 g/mol. The Morgan fingerprint density at radius 2 is 1.96 bits per heavy atom. The van der Waals surface area contributed by atoms with Crippen LogP contribution in [0.1, 0.15) is 30.5 Å². The number of pyridine rings is 1. The summed E-state index contributed by atoms with van der Waals surface area (Å²) in [6.45, 7) is 8.06. The van der Waals surface area contributed by atoms with E-state index < -0.39 is 0 Å². The zero-order valence-electron chi connectivity index (χ0n) is 16.6. The van der Waals surface area contributed by atoms with Gasteiger partial charge < -0.3 is 5.32 Å². The molecule has 0 spiro atoms. The third kappa shape index (κ3) is 4.40. The molecule has 1 aromatic carbocycles. The van der Waals surface area contributed by atoms with Crippen molar-refractivity contribution in [2.75, 3.05) is 33.2 Å². The highest BCUT2D eigenvalue weighted by molar-refractivity contribution is 5.17. The van der Waals surface area contributed by atoms with Crippen LogP contribution in [-0.4, -0.2) is 54.1 Å². The summed E-state index contributed by atoms with van der Waals surface area (Å²) < 4.78 is 0. The number of nitrogens with one attached hydrogen (secondary N) is 1. The van der Waals surface area contributed by atoms with Gasteiger partial charge in [-0.3, -0.25) is 14.8 Å². The largest absolute Gasteiger partial charge is 0.312 e. The number of aromatic nitrogens is 1. The summed E-state index contributed by atoms with van der Waals surface area (Å²) in [5.74, 6) is 1.36. The van der Waals surface area contributed by atoms with Crippen LogP contribution >= 0.6 is 0 Å². The fraction of sp³-hybridized carbons (Fsp3) is 0.522. The van der Waals surface area contributed by atoms with Gasteiger partial charge >= 0.3 is 0 Å². The number of hydrogen-bond acceptors (Lipinski definition) is 4. The van der Waals surface area contributed by atoms with Crippen LogP contribution in [-0.2, 0) is 6.54 Å². The fourth-order valence-corrected chi connectivity index (χ4v) is 4.92. The van der Waals surface area contributed by atoms with E-state index in [2.05, 4.69) is 76.5 Å². The van der Waals surface area contributed by atoms with Crippen LogP contribution in [0.4, 0.5) is 0 Å². The number of nitrogens with zero attached hydrogens (tertiary/aromatic N) is 3. The van der Waals surface area contributed by atoms with E-state index in [0.29, 0.717) is 23.9 Å².